The zero-order valence-electron chi connectivity index (χ0n) is 39.7. The van der Waals surface area contributed by atoms with Crippen LogP contribution < -0.4 is 10.2 Å². The Kier molecular flexibility index (Phi) is 14.3. The Hall–Kier alpha value is -6.14. The van der Waals surface area contributed by atoms with Crippen LogP contribution in [-0.4, -0.2) is 94.3 Å². The van der Waals surface area contributed by atoms with Crippen molar-refractivity contribution in [2.45, 2.75) is 122 Å². The maximum atomic E-state index is 16.2. The molecular weight excluding hydrogens is 904 g/mol. The number of H-pyrrole nitrogens is 1. The molecule has 3 fully saturated rings. The molecule has 4 aliphatic heterocycles. The third-order valence-electron chi connectivity index (χ3n) is 14.3. The number of methoxy groups -OCH3 is 2. The number of nitrogens with zero attached hydrogens (tertiary/aromatic N) is 6. The lowest BCUT2D eigenvalue weighted by Crippen LogP contribution is -2.53. The molecule has 4 aliphatic rings. The highest BCUT2D eigenvalue weighted by atomic mass is 19.4. The van der Waals surface area contributed by atoms with Crippen LogP contribution in [-0.2, 0) is 30.0 Å². The van der Waals surface area contributed by atoms with Gasteiger partial charge in [0.25, 0.3) is 5.69 Å². The summed E-state index contributed by atoms with van der Waals surface area (Å²) in [6.45, 7) is 9.21. The summed E-state index contributed by atoms with van der Waals surface area (Å²) in [6.07, 6.45) is -0.585. The number of aromatic nitrogens is 2. The number of esters is 1. The van der Waals surface area contributed by atoms with Crippen LogP contribution in [0.3, 0.4) is 0 Å². The average Bonchev–Trinajstić information content (AvgIpc) is 4.14. The first kappa shape index (κ1) is 49.3. The number of carbonyl (C=O) groups is 4. The number of hydrogen-bond acceptors (Lipinski definition) is 9. The van der Waals surface area contributed by atoms with Crippen LogP contribution in [0.15, 0.2) is 53.6 Å². The van der Waals surface area contributed by atoms with Gasteiger partial charge in [-0.25, -0.2) is 18.6 Å². The maximum Gasteiger partial charge on any atom is 0.419 e. The second-order valence-corrected chi connectivity index (χ2v) is 19.3. The molecule has 3 saturated heterocycles. The smallest absolute Gasteiger partial charge is 0.419 e. The number of nitrogens with one attached hydrogen (secondary N) is 2. The van der Waals surface area contributed by atoms with Crippen molar-refractivity contribution in [1.29, 1.82) is 0 Å². The van der Waals surface area contributed by atoms with E-state index in [9.17, 15) is 32.3 Å². The van der Waals surface area contributed by atoms with Crippen molar-refractivity contribution < 1.29 is 55.3 Å². The number of azo groups is 2. The summed E-state index contributed by atoms with van der Waals surface area (Å²) >= 11 is 0. The highest BCUT2D eigenvalue weighted by Crippen LogP contribution is 2.51. The third kappa shape index (κ3) is 10.0. The Bertz CT molecular complexity index is 2640. The molecule has 0 bridgehead atoms. The lowest BCUT2D eigenvalue weighted by atomic mass is 9.89. The zero-order chi connectivity index (χ0) is 49.5. The largest absolute Gasteiger partial charge is 0.469 e. The lowest BCUT2D eigenvalue weighted by molar-refractivity contribution is -0.530. The number of alkyl halides is 3. The number of ether oxygens (including phenoxy) is 2. The number of aromatic amines is 1. The van der Waals surface area contributed by atoms with Gasteiger partial charge >= 0.3 is 18.2 Å². The fourth-order valence-corrected chi connectivity index (χ4v) is 10.7. The summed E-state index contributed by atoms with van der Waals surface area (Å²) in [4.78, 5) is 65.2. The van der Waals surface area contributed by atoms with Crippen molar-refractivity contribution in [2.24, 2.45) is 22.9 Å². The fourth-order valence-electron chi connectivity index (χ4n) is 10.7. The highest BCUT2D eigenvalue weighted by molar-refractivity contribution is 5.86. The van der Waals surface area contributed by atoms with Gasteiger partial charge in [0.1, 0.15) is 23.5 Å². The Balaban J connectivity index is 1.05. The van der Waals surface area contributed by atoms with Crippen LogP contribution in [0, 0.1) is 29.4 Å². The first-order valence-electron chi connectivity index (χ1n) is 23.9. The van der Waals surface area contributed by atoms with E-state index in [1.165, 1.54) is 14.2 Å². The SMILES string of the molecule is COC(=O)CCCC(C(=O)N1CCCC1c1nc2ccc(C3CCC(c4ccc5c(c4)N=[N+]5CC4CCCN4C(=O)C(NC(=O)OC)C(C)C)N3c3cc(F)c(C(F)(F)F)cc3F)cc2[nH]1)C(C)C. The summed E-state index contributed by atoms with van der Waals surface area (Å²) in [6, 6.07) is 9.59. The maximum absolute atomic E-state index is 16.2. The molecule has 14 nitrogen and oxygen atoms in total. The number of imidazole rings is 1. The second kappa shape index (κ2) is 20.1. The number of rotatable bonds is 15. The second-order valence-electron chi connectivity index (χ2n) is 19.3. The minimum atomic E-state index is -5.11. The van der Waals surface area contributed by atoms with Crippen LogP contribution in [0.2, 0.25) is 0 Å². The Morgan fingerprint density at radius 3 is 2.19 bits per heavy atom. The average molecular weight is 964 g/mol. The van der Waals surface area contributed by atoms with Gasteiger partial charge in [0.05, 0.1) is 60.7 Å². The first-order valence-corrected chi connectivity index (χ1v) is 23.9. The molecule has 370 valence electrons. The van der Waals surface area contributed by atoms with Gasteiger partial charge in [-0.15, -0.1) is 0 Å². The van der Waals surface area contributed by atoms with Gasteiger partial charge in [-0.3, -0.25) is 14.4 Å². The van der Waals surface area contributed by atoms with Gasteiger partial charge < -0.3 is 34.5 Å². The predicted octanol–water partition coefficient (Wildman–Crippen LogP) is 10.3. The highest BCUT2D eigenvalue weighted by Gasteiger charge is 2.44. The molecule has 6 atom stereocenters. The Morgan fingerprint density at radius 1 is 0.826 bits per heavy atom. The van der Waals surface area contributed by atoms with Gasteiger partial charge in [-0.2, -0.15) is 13.2 Å². The van der Waals surface area contributed by atoms with Gasteiger partial charge in [0.15, 0.2) is 6.54 Å². The quantitative estimate of drug-likeness (QED) is 0.0679. The van der Waals surface area contributed by atoms with E-state index in [1.54, 1.807) is 9.80 Å². The number of carbonyl (C=O) groups excluding carboxylic acids is 4. The number of benzene rings is 3. The number of hydrogen-bond donors (Lipinski definition) is 2. The summed E-state index contributed by atoms with van der Waals surface area (Å²) in [5, 5.41) is 7.42. The summed E-state index contributed by atoms with van der Waals surface area (Å²) in [5.41, 5.74) is 2.17. The molecule has 2 N–H and O–H groups in total. The van der Waals surface area contributed by atoms with Crippen LogP contribution in [0.5, 0.6) is 0 Å². The van der Waals surface area contributed by atoms with E-state index in [-0.39, 0.29) is 65.8 Å². The molecule has 3 amide bonds. The van der Waals surface area contributed by atoms with Crippen molar-refractivity contribution in [1.82, 2.24) is 25.1 Å². The summed E-state index contributed by atoms with van der Waals surface area (Å²) in [5.74, 6) is -3.11. The molecule has 5 heterocycles. The van der Waals surface area contributed by atoms with E-state index in [0.29, 0.717) is 91.5 Å². The Morgan fingerprint density at radius 2 is 1.52 bits per heavy atom. The molecule has 19 heteroatoms. The van der Waals surface area contributed by atoms with E-state index in [4.69, 9.17) is 19.6 Å². The zero-order valence-corrected chi connectivity index (χ0v) is 39.7. The van der Waals surface area contributed by atoms with E-state index in [2.05, 4.69) is 10.3 Å². The van der Waals surface area contributed by atoms with Gasteiger partial charge in [-0.05, 0) is 98.6 Å². The molecule has 69 heavy (non-hydrogen) atoms. The molecule has 0 saturated carbocycles. The van der Waals surface area contributed by atoms with Crippen molar-refractivity contribution in [3.05, 3.63) is 82.7 Å². The number of halogens is 5. The minimum Gasteiger partial charge on any atom is -0.469 e. The number of alkyl carbamates (subject to hydrolysis) is 1. The molecular formula is C50H60F5N8O6+. The standard InChI is InChI=1S/C50H59F5N8O6/c1-27(2)32(11-7-13-44(64)68-5)47(65)61-21-9-12-42(61)46-56-36-16-14-29(22-37(36)57-46)39-18-19-40(63(39)43-25-34(51)33(24-35(43)52)50(53,54)55)30-15-17-41-38(23-30)59-62(41)26-31-10-8-20-60(31)48(66)45(28(3)4)58-49(67)69-6/h14-17,22-25,27-28,31-32,39-40,42,45H,7-13,18-21,26H2,1-6H3,(H-,56,57,58,67)/p+1. The van der Waals surface area contributed by atoms with E-state index in [0.717, 1.165) is 24.9 Å². The van der Waals surface area contributed by atoms with Crippen molar-refractivity contribution >= 4 is 52.0 Å². The number of anilines is 1. The molecule has 3 aromatic carbocycles. The van der Waals surface area contributed by atoms with E-state index in [1.807, 2.05) is 73.7 Å². The third-order valence-corrected chi connectivity index (χ3v) is 14.3. The number of amides is 3. The van der Waals surface area contributed by atoms with Crippen molar-refractivity contribution in [2.75, 3.05) is 38.8 Å². The normalized spacial score (nSPS) is 21.1. The Labute approximate surface area is 397 Å². The fraction of sp³-hybridized carbons (Fsp3) is 0.540. The van der Waals surface area contributed by atoms with Crippen LogP contribution in [0.4, 0.5) is 43.8 Å². The monoisotopic (exact) mass is 963 g/mol. The van der Waals surface area contributed by atoms with Crippen LogP contribution in [0.25, 0.3) is 11.0 Å². The van der Waals surface area contributed by atoms with Gasteiger partial charge in [-0.1, -0.05) is 44.5 Å². The minimum absolute atomic E-state index is 0.00638. The molecule has 4 aromatic rings. The molecule has 6 unspecified atom stereocenters. The van der Waals surface area contributed by atoms with Gasteiger partial charge in [0.2, 0.25) is 17.5 Å². The van der Waals surface area contributed by atoms with Gasteiger partial charge in [0, 0.05) is 42.7 Å². The molecule has 8 rings (SSSR count). The van der Waals surface area contributed by atoms with E-state index >= 15 is 8.78 Å². The lowest BCUT2D eigenvalue weighted by Gasteiger charge is -2.34. The molecule has 0 aliphatic carbocycles. The number of fused-ring (bicyclic) bond motifs is 2. The van der Waals surface area contributed by atoms with E-state index < -0.39 is 47.6 Å². The molecule has 0 spiro atoms. The molecule has 1 aromatic heterocycles. The molecule has 0 radical (unpaired) electrons. The summed E-state index contributed by atoms with van der Waals surface area (Å²) < 4.78 is 84.4. The van der Waals surface area contributed by atoms with Crippen molar-refractivity contribution in [3.63, 3.8) is 0 Å². The summed E-state index contributed by atoms with van der Waals surface area (Å²) in [7, 11) is 2.59. The van der Waals surface area contributed by atoms with Crippen LogP contribution >= 0.6 is 0 Å². The first-order chi connectivity index (χ1) is 32.9. The number of likely N-dealkylation sites (tertiary alicyclic amines) is 2. The van der Waals surface area contributed by atoms with Crippen LogP contribution in [0.1, 0.15) is 126 Å². The predicted molar refractivity (Wildman–Crippen MR) is 245 cm³/mol. The topological polar surface area (TPSA) is 153 Å². The van der Waals surface area contributed by atoms with Crippen molar-refractivity contribution in [3.8, 4) is 0 Å².